The van der Waals surface area contributed by atoms with Crippen molar-refractivity contribution in [3.05, 3.63) is 83.4 Å². The first-order valence-electron chi connectivity index (χ1n) is 14.5. The molecule has 2 heterocycles. The number of benzene rings is 3. The third-order valence-corrected chi connectivity index (χ3v) is 7.78. The van der Waals surface area contributed by atoms with Gasteiger partial charge in [-0.3, -0.25) is 0 Å². The zero-order valence-corrected chi connectivity index (χ0v) is 25.4. The van der Waals surface area contributed by atoms with Gasteiger partial charge in [-0.05, 0) is 88.7 Å². The highest BCUT2D eigenvalue weighted by Gasteiger charge is 2.23. The zero-order valence-electron chi connectivity index (χ0n) is 25.4. The van der Waals surface area contributed by atoms with E-state index in [1.807, 2.05) is 30.3 Å². The second-order valence-corrected chi connectivity index (χ2v) is 13.0. The minimum absolute atomic E-state index is 0.0767. The van der Waals surface area contributed by atoms with Gasteiger partial charge in [-0.1, -0.05) is 79.7 Å². The van der Waals surface area contributed by atoms with Gasteiger partial charge in [0.05, 0.1) is 0 Å². The van der Waals surface area contributed by atoms with Crippen LogP contribution in [0.5, 0.6) is 0 Å². The quantitative estimate of drug-likeness (QED) is 0.192. The molecule has 5 rings (SSSR count). The molecule has 0 spiro atoms. The van der Waals surface area contributed by atoms with Crippen molar-refractivity contribution in [2.24, 2.45) is 5.92 Å². The highest BCUT2D eigenvalue weighted by atomic mass is 16.4. The van der Waals surface area contributed by atoms with Crippen LogP contribution in [0.2, 0.25) is 0 Å². The van der Waals surface area contributed by atoms with Crippen molar-refractivity contribution in [1.29, 1.82) is 0 Å². The first kappa shape index (κ1) is 28.5. The van der Waals surface area contributed by atoms with Crippen LogP contribution in [0.4, 0.5) is 0 Å². The van der Waals surface area contributed by atoms with E-state index in [2.05, 4.69) is 112 Å². The number of hydrogen-bond acceptors (Lipinski definition) is 6. The van der Waals surface area contributed by atoms with E-state index in [1.54, 1.807) is 0 Å². The van der Waals surface area contributed by atoms with Gasteiger partial charge in [0, 0.05) is 22.3 Å². The van der Waals surface area contributed by atoms with Gasteiger partial charge in [0.15, 0.2) is 0 Å². The van der Waals surface area contributed by atoms with E-state index in [0.29, 0.717) is 29.5 Å². The predicted octanol–water partition coefficient (Wildman–Crippen LogP) is 9.30. The smallest absolute Gasteiger partial charge is 0.248 e. The van der Waals surface area contributed by atoms with Gasteiger partial charge < -0.3 is 8.83 Å². The van der Waals surface area contributed by atoms with Crippen LogP contribution in [0.1, 0.15) is 78.5 Å². The van der Waals surface area contributed by atoms with Gasteiger partial charge in [-0.2, -0.15) is 0 Å². The number of hydrogen-bond donors (Lipinski definition) is 0. The molecule has 41 heavy (non-hydrogen) atoms. The average molecular weight is 549 g/mol. The Bertz CT molecular complexity index is 1620. The normalized spacial score (nSPS) is 12.3. The van der Waals surface area contributed by atoms with E-state index in [0.717, 1.165) is 40.7 Å². The summed E-state index contributed by atoms with van der Waals surface area (Å²) in [5.74, 6) is 2.50. The summed E-state index contributed by atoms with van der Waals surface area (Å²) in [6.07, 6.45) is 2.00. The molecule has 2 aromatic heterocycles. The molecule has 0 saturated heterocycles. The van der Waals surface area contributed by atoms with Crippen molar-refractivity contribution >= 4 is 0 Å². The van der Waals surface area contributed by atoms with Crippen molar-refractivity contribution in [2.75, 3.05) is 0 Å². The summed E-state index contributed by atoms with van der Waals surface area (Å²) in [4.78, 5) is 0. The van der Waals surface area contributed by atoms with Crippen molar-refractivity contribution in [1.82, 2.24) is 20.4 Å². The number of rotatable bonds is 8. The summed E-state index contributed by atoms with van der Waals surface area (Å²) < 4.78 is 12.4. The molecule has 0 aliphatic carbocycles. The van der Waals surface area contributed by atoms with Gasteiger partial charge >= 0.3 is 0 Å². The molecule has 0 N–H and O–H groups in total. The topological polar surface area (TPSA) is 77.8 Å². The van der Waals surface area contributed by atoms with Crippen LogP contribution < -0.4 is 0 Å². The average Bonchev–Trinajstić information content (AvgIpc) is 3.64. The molecule has 0 amide bonds. The fourth-order valence-corrected chi connectivity index (χ4v) is 4.75. The van der Waals surface area contributed by atoms with Gasteiger partial charge in [0.1, 0.15) is 0 Å². The number of aromatic nitrogens is 4. The minimum atomic E-state index is -0.0779. The molecular formula is C35H40N4O2. The molecule has 212 valence electrons. The van der Waals surface area contributed by atoms with Crippen molar-refractivity contribution in [2.45, 2.75) is 79.1 Å². The predicted molar refractivity (Wildman–Crippen MR) is 164 cm³/mol. The van der Waals surface area contributed by atoms with Crippen LogP contribution in [-0.2, 0) is 17.3 Å². The van der Waals surface area contributed by atoms with E-state index < -0.39 is 0 Å². The summed E-state index contributed by atoms with van der Waals surface area (Å²) in [6.45, 7) is 17.7. The maximum Gasteiger partial charge on any atom is 0.248 e. The van der Waals surface area contributed by atoms with Gasteiger partial charge in [-0.25, -0.2) is 0 Å². The molecule has 3 aromatic carbocycles. The SMILES string of the molecule is CCC(C)(C)c1cc(-c2nnc(-c3ccc(CC(C)C)cc3)o2)cc(-c2nnc(-c3ccc(C(C)(C)C)cc3)o2)c1. The van der Waals surface area contributed by atoms with Crippen LogP contribution in [0.3, 0.4) is 0 Å². The van der Waals surface area contributed by atoms with Crippen LogP contribution in [0.15, 0.2) is 75.6 Å². The Labute approximate surface area is 243 Å². The Hall–Kier alpha value is -4.06. The fourth-order valence-electron chi connectivity index (χ4n) is 4.75. The van der Waals surface area contributed by atoms with E-state index >= 15 is 0 Å². The minimum Gasteiger partial charge on any atom is -0.416 e. The third-order valence-electron chi connectivity index (χ3n) is 7.78. The first-order valence-corrected chi connectivity index (χ1v) is 14.5. The lowest BCUT2D eigenvalue weighted by molar-refractivity contribution is 0.505. The van der Waals surface area contributed by atoms with E-state index in [-0.39, 0.29) is 10.8 Å². The molecule has 0 aliphatic rings. The van der Waals surface area contributed by atoms with E-state index in [1.165, 1.54) is 11.1 Å². The molecule has 0 aliphatic heterocycles. The van der Waals surface area contributed by atoms with Gasteiger partial charge in [-0.15, -0.1) is 20.4 Å². The zero-order chi connectivity index (χ0) is 29.4. The Kier molecular flexibility index (Phi) is 7.69. The maximum absolute atomic E-state index is 6.20. The lowest BCUT2D eigenvalue weighted by Gasteiger charge is -2.24. The molecule has 6 heteroatoms. The van der Waals surface area contributed by atoms with Crippen LogP contribution in [0.25, 0.3) is 45.8 Å². The highest BCUT2D eigenvalue weighted by molar-refractivity contribution is 5.68. The van der Waals surface area contributed by atoms with E-state index in [4.69, 9.17) is 8.83 Å². The summed E-state index contributed by atoms with van der Waals surface area (Å²) in [5.41, 5.74) is 7.13. The molecule has 0 radical (unpaired) electrons. The molecule has 0 atom stereocenters. The van der Waals surface area contributed by atoms with Gasteiger partial charge in [0.2, 0.25) is 23.6 Å². The maximum atomic E-state index is 6.20. The second kappa shape index (κ2) is 11.1. The van der Waals surface area contributed by atoms with Crippen molar-refractivity contribution in [3.63, 3.8) is 0 Å². The second-order valence-electron chi connectivity index (χ2n) is 13.0. The Balaban J connectivity index is 1.49. The molecule has 5 aromatic rings. The van der Waals surface area contributed by atoms with Crippen LogP contribution in [-0.4, -0.2) is 20.4 Å². The molecule has 0 fully saturated rings. The lowest BCUT2D eigenvalue weighted by atomic mass is 9.81. The third kappa shape index (κ3) is 6.32. The highest BCUT2D eigenvalue weighted by Crippen LogP contribution is 2.36. The Morgan fingerprint density at radius 1 is 0.585 bits per heavy atom. The monoisotopic (exact) mass is 548 g/mol. The summed E-state index contributed by atoms with van der Waals surface area (Å²) >= 11 is 0. The Morgan fingerprint density at radius 3 is 1.44 bits per heavy atom. The fraction of sp³-hybridized carbons (Fsp3) is 0.371. The largest absolute Gasteiger partial charge is 0.416 e. The first-order chi connectivity index (χ1) is 19.4. The van der Waals surface area contributed by atoms with Gasteiger partial charge in [0.25, 0.3) is 0 Å². The molecule has 0 bridgehead atoms. The lowest BCUT2D eigenvalue weighted by Crippen LogP contribution is -2.15. The molecule has 0 saturated carbocycles. The number of nitrogens with zero attached hydrogens (tertiary/aromatic N) is 4. The molecule has 0 unspecified atom stereocenters. The molecule has 6 nitrogen and oxygen atoms in total. The molecular weight excluding hydrogens is 508 g/mol. The summed E-state index contributed by atoms with van der Waals surface area (Å²) in [6, 6.07) is 22.9. The van der Waals surface area contributed by atoms with Crippen molar-refractivity contribution in [3.8, 4) is 45.8 Å². The summed E-state index contributed by atoms with van der Waals surface area (Å²) in [7, 11) is 0. The van der Waals surface area contributed by atoms with Crippen molar-refractivity contribution < 1.29 is 8.83 Å². The summed E-state index contributed by atoms with van der Waals surface area (Å²) in [5, 5.41) is 17.6. The Morgan fingerprint density at radius 2 is 1.02 bits per heavy atom. The standard InChI is InChI=1S/C35H40N4O2/c1-9-35(7,8)29-20-26(32-38-36-30(40-32)24-12-10-23(11-13-24)18-22(2)3)19-27(21-29)33-39-37-31(41-33)25-14-16-28(17-15-25)34(4,5)6/h10-17,19-22H,9,18H2,1-8H3. The van der Waals surface area contributed by atoms with Crippen LogP contribution in [0, 0.1) is 5.92 Å². The van der Waals surface area contributed by atoms with E-state index in [9.17, 15) is 0 Å². The van der Waals surface area contributed by atoms with Crippen LogP contribution >= 0.6 is 0 Å².